The van der Waals surface area contributed by atoms with Crippen molar-refractivity contribution < 1.29 is 13.0 Å². The summed E-state index contributed by atoms with van der Waals surface area (Å²) < 4.78 is 27.6. The molecule has 0 radical (unpaired) electrons. The lowest BCUT2D eigenvalue weighted by atomic mass is 9.92. The highest BCUT2D eigenvalue weighted by Gasteiger charge is 2.10. The van der Waals surface area contributed by atoms with Crippen molar-refractivity contribution in [3.8, 4) is 0 Å². The van der Waals surface area contributed by atoms with Gasteiger partial charge in [-0.2, -0.15) is 8.42 Å². The molecule has 4 aromatic carbocycles. The van der Waals surface area contributed by atoms with Gasteiger partial charge in [0.2, 0.25) is 0 Å². The molecule has 4 rings (SSSR count). The molecular weight excluding hydrogens is 358 g/mol. The molecule has 0 saturated carbocycles. The summed E-state index contributed by atoms with van der Waals surface area (Å²) in [7, 11) is 0.572. The van der Waals surface area contributed by atoms with Gasteiger partial charge in [-0.1, -0.05) is 61.5 Å². The van der Waals surface area contributed by atoms with Gasteiger partial charge >= 0.3 is 0 Å². The molecule has 0 unspecified atom stereocenters. The molecule has 4 aromatic rings. The quantitative estimate of drug-likeness (QED) is 0.401. The standard InChI is InChI=1S/C19H17N.C3H8O3S/c1-20(2)12-16-9-8-15-7-6-13-4-3-5-14-10-11-17(16)19(15)18(13)14;1-2-3-7(4,5)6/h3-11H,12H2,1-2H3;2-3H2,1H3,(H,4,5,6). The Morgan fingerprint density at radius 2 is 1.41 bits per heavy atom. The van der Waals surface area contributed by atoms with Crippen LogP contribution in [0.5, 0.6) is 0 Å². The van der Waals surface area contributed by atoms with E-state index in [1.54, 1.807) is 6.92 Å². The van der Waals surface area contributed by atoms with E-state index < -0.39 is 10.1 Å². The summed E-state index contributed by atoms with van der Waals surface area (Å²) in [6.07, 6.45) is 0.471. The van der Waals surface area contributed by atoms with Gasteiger partial charge in [0.05, 0.1) is 5.75 Å². The molecule has 1 N–H and O–H groups in total. The summed E-state index contributed by atoms with van der Waals surface area (Å²) in [5, 5.41) is 8.22. The van der Waals surface area contributed by atoms with Gasteiger partial charge in [0.15, 0.2) is 0 Å². The van der Waals surface area contributed by atoms with Crippen molar-refractivity contribution in [2.75, 3.05) is 19.8 Å². The molecule has 0 spiro atoms. The van der Waals surface area contributed by atoms with Gasteiger partial charge in [-0.25, -0.2) is 0 Å². The molecular formula is C22H25NO3S. The maximum atomic E-state index is 9.79. The first kappa shape index (κ1) is 19.5. The zero-order valence-electron chi connectivity index (χ0n) is 15.9. The maximum Gasteiger partial charge on any atom is 0.264 e. The van der Waals surface area contributed by atoms with Crippen LogP contribution in [0.1, 0.15) is 18.9 Å². The topological polar surface area (TPSA) is 57.6 Å². The van der Waals surface area contributed by atoms with Gasteiger partial charge in [0.1, 0.15) is 0 Å². The van der Waals surface area contributed by atoms with E-state index in [0.29, 0.717) is 6.42 Å². The molecule has 0 fully saturated rings. The molecule has 4 nitrogen and oxygen atoms in total. The van der Waals surface area contributed by atoms with Crippen LogP contribution in [0.15, 0.2) is 54.6 Å². The number of rotatable bonds is 4. The van der Waals surface area contributed by atoms with Crippen molar-refractivity contribution in [3.05, 3.63) is 60.2 Å². The second-order valence-corrected chi connectivity index (χ2v) is 8.68. The Kier molecular flexibility index (Phi) is 5.65. The third-order valence-electron chi connectivity index (χ3n) is 4.57. The number of hydrogen-bond donors (Lipinski definition) is 1. The Labute approximate surface area is 160 Å². The average Bonchev–Trinajstić information content (AvgIpc) is 2.60. The van der Waals surface area contributed by atoms with E-state index in [0.717, 1.165) is 6.54 Å². The van der Waals surface area contributed by atoms with Crippen LogP contribution in [0, 0.1) is 0 Å². The van der Waals surface area contributed by atoms with Gasteiger partial charge in [0.25, 0.3) is 10.1 Å². The fourth-order valence-electron chi connectivity index (χ4n) is 3.53. The van der Waals surface area contributed by atoms with Crippen LogP contribution in [-0.2, 0) is 16.7 Å². The fraction of sp³-hybridized carbons (Fsp3) is 0.273. The SMILES string of the molecule is CCCS(=O)(=O)O.CN(C)Cc1ccc2ccc3cccc4ccc1c2c34. The number of nitrogens with zero attached hydrogens (tertiary/aromatic N) is 1. The van der Waals surface area contributed by atoms with Crippen LogP contribution < -0.4 is 0 Å². The minimum absolute atomic E-state index is 0.132. The molecule has 5 heteroatoms. The minimum Gasteiger partial charge on any atom is -0.305 e. The molecule has 0 heterocycles. The van der Waals surface area contributed by atoms with Crippen molar-refractivity contribution >= 4 is 42.4 Å². The average molecular weight is 384 g/mol. The molecule has 0 aliphatic carbocycles. The van der Waals surface area contributed by atoms with Crippen molar-refractivity contribution in [3.63, 3.8) is 0 Å². The summed E-state index contributed by atoms with van der Waals surface area (Å²) in [4.78, 5) is 2.23. The van der Waals surface area contributed by atoms with Crippen LogP contribution in [0.3, 0.4) is 0 Å². The zero-order chi connectivity index (χ0) is 19.6. The van der Waals surface area contributed by atoms with Crippen molar-refractivity contribution in [2.45, 2.75) is 19.9 Å². The van der Waals surface area contributed by atoms with Gasteiger partial charge in [0, 0.05) is 6.54 Å². The summed E-state index contributed by atoms with van der Waals surface area (Å²) in [5.41, 5.74) is 1.40. The number of hydrogen-bond acceptors (Lipinski definition) is 3. The number of benzene rings is 4. The fourth-order valence-corrected chi connectivity index (χ4v) is 4.05. The largest absolute Gasteiger partial charge is 0.305 e. The lowest BCUT2D eigenvalue weighted by Gasteiger charge is -2.16. The van der Waals surface area contributed by atoms with Crippen molar-refractivity contribution in [1.82, 2.24) is 4.90 Å². The third-order valence-corrected chi connectivity index (χ3v) is 5.49. The predicted octanol–water partition coefficient (Wildman–Crippen LogP) is 4.93. The zero-order valence-corrected chi connectivity index (χ0v) is 16.8. The highest BCUT2D eigenvalue weighted by Crippen LogP contribution is 2.35. The van der Waals surface area contributed by atoms with Crippen molar-refractivity contribution in [2.24, 2.45) is 0 Å². The molecule has 0 bridgehead atoms. The second kappa shape index (κ2) is 7.80. The summed E-state index contributed by atoms with van der Waals surface area (Å²) in [5.74, 6) is -0.132. The van der Waals surface area contributed by atoms with E-state index in [1.165, 1.54) is 37.9 Å². The minimum atomic E-state index is -3.67. The summed E-state index contributed by atoms with van der Waals surface area (Å²) in [6.45, 7) is 2.67. The van der Waals surface area contributed by atoms with E-state index >= 15 is 0 Å². The van der Waals surface area contributed by atoms with Crippen LogP contribution in [0.25, 0.3) is 32.3 Å². The second-order valence-electron chi connectivity index (χ2n) is 7.10. The lowest BCUT2D eigenvalue weighted by molar-refractivity contribution is 0.404. The highest BCUT2D eigenvalue weighted by atomic mass is 32.2. The van der Waals surface area contributed by atoms with E-state index in [9.17, 15) is 8.42 Å². The van der Waals surface area contributed by atoms with E-state index in [2.05, 4.69) is 73.6 Å². The van der Waals surface area contributed by atoms with Crippen LogP contribution in [0.2, 0.25) is 0 Å². The predicted molar refractivity (Wildman–Crippen MR) is 114 cm³/mol. The molecule has 0 aromatic heterocycles. The monoisotopic (exact) mass is 383 g/mol. The van der Waals surface area contributed by atoms with E-state index in [4.69, 9.17) is 4.55 Å². The van der Waals surface area contributed by atoms with Gasteiger partial charge in [-0.3, -0.25) is 4.55 Å². The lowest BCUT2D eigenvalue weighted by Crippen LogP contribution is -2.10. The smallest absolute Gasteiger partial charge is 0.264 e. The first-order chi connectivity index (χ1) is 12.8. The molecule has 0 amide bonds. The molecule has 27 heavy (non-hydrogen) atoms. The van der Waals surface area contributed by atoms with Gasteiger partial charge < -0.3 is 4.90 Å². The van der Waals surface area contributed by atoms with E-state index in [1.807, 2.05) is 0 Å². The first-order valence-corrected chi connectivity index (χ1v) is 10.7. The molecule has 142 valence electrons. The Hall–Kier alpha value is -2.21. The Morgan fingerprint density at radius 3 is 1.93 bits per heavy atom. The van der Waals surface area contributed by atoms with Gasteiger partial charge in [-0.05, 0) is 58.4 Å². The maximum absolute atomic E-state index is 9.79. The first-order valence-electron chi connectivity index (χ1n) is 9.05. The van der Waals surface area contributed by atoms with Crippen LogP contribution in [0.4, 0.5) is 0 Å². The van der Waals surface area contributed by atoms with E-state index in [-0.39, 0.29) is 5.75 Å². The molecule has 0 atom stereocenters. The molecule has 0 aliphatic rings. The normalized spacial score (nSPS) is 12.0. The third kappa shape index (κ3) is 4.38. The van der Waals surface area contributed by atoms with Crippen LogP contribution >= 0.6 is 0 Å². The Morgan fingerprint density at radius 1 is 0.852 bits per heavy atom. The summed E-state index contributed by atoms with van der Waals surface area (Å²) in [6, 6.07) is 20.1. The molecule has 0 aliphatic heterocycles. The summed E-state index contributed by atoms with van der Waals surface area (Å²) >= 11 is 0. The Bertz CT molecular complexity index is 1150. The van der Waals surface area contributed by atoms with Gasteiger partial charge in [-0.15, -0.1) is 0 Å². The van der Waals surface area contributed by atoms with Crippen LogP contribution in [-0.4, -0.2) is 37.7 Å². The highest BCUT2D eigenvalue weighted by molar-refractivity contribution is 7.85. The Balaban J connectivity index is 0.000000260. The molecule has 0 saturated heterocycles. The van der Waals surface area contributed by atoms with Crippen molar-refractivity contribution in [1.29, 1.82) is 0 Å².